The number of para-hydroxylation sites is 1. The number of hydrogen-bond donors (Lipinski definition) is 3. The first kappa shape index (κ1) is 20.0. The van der Waals surface area contributed by atoms with E-state index in [0.29, 0.717) is 41.0 Å². The number of H-pyrrole nitrogens is 2. The van der Waals surface area contributed by atoms with E-state index in [1.807, 2.05) is 18.2 Å². The summed E-state index contributed by atoms with van der Waals surface area (Å²) in [6, 6.07) is 10.3. The molecule has 0 aliphatic carbocycles. The fourth-order valence-corrected chi connectivity index (χ4v) is 4.30. The van der Waals surface area contributed by atoms with E-state index in [0.717, 1.165) is 19.5 Å². The van der Waals surface area contributed by atoms with E-state index in [-0.39, 0.29) is 23.4 Å². The first-order valence-electron chi connectivity index (χ1n) is 10.3. The summed E-state index contributed by atoms with van der Waals surface area (Å²) in [5.74, 6) is 0.340. The number of anilines is 1. The Balaban J connectivity index is 1.33. The summed E-state index contributed by atoms with van der Waals surface area (Å²) in [5.41, 5.74) is 2.32. The highest BCUT2D eigenvalue weighted by Crippen LogP contribution is 2.23. The van der Waals surface area contributed by atoms with Crippen molar-refractivity contribution in [1.82, 2.24) is 20.1 Å². The Bertz CT molecular complexity index is 1180. The fraction of sp³-hybridized carbons (Fsp3) is 0.409. The number of aromatic amines is 2. The molecule has 0 spiro atoms. The van der Waals surface area contributed by atoms with Crippen LogP contribution in [-0.4, -0.2) is 40.3 Å². The molecule has 4 rings (SSSR count). The molecule has 2 aromatic heterocycles. The Kier molecular flexibility index (Phi) is 5.48. The molecule has 158 valence electrons. The number of rotatable bonds is 6. The number of nitrogens with one attached hydrogen (secondary N) is 3. The van der Waals surface area contributed by atoms with Crippen LogP contribution in [0.5, 0.6) is 0 Å². The molecule has 3 heterocycles. The Labute approximate surface area is 173 Å². The zero-order valence-electron chi connectivity index (χ0n) is 17.3. The molecule has 0 unspecified atom stereocenters. The third-order valence-corrected chi connectivity index (χ3v) is 6.00. The second kappa shape index (κ2) is 8.22. The molecule has 1 atom stereocenters. The van der Waals surface area contributed by atoms with Crippen molar-refractivity contribution in [3.05, 3.63) is 62.2 Å². The van der Waals surface area contributed by atoms with E-state index in [4.69, 9.17) is 0 Å². The average Bonchev–Trinajstić information content (AvgIpc) is 3.31. The highest BCUT2D eigenvalue weighted by molar-refractivity contribution is 5.80. The number of carbonyl (C=O) groups excluding carboxylic acids is 1. The van der Waals surface area contributed by atoms with Gasteiger partial charge in [0.25, 0.3) is 11.1 Å². The largest absolute Gasteiger partial charge is 0.371 e. The number of amides is 1. The topological polar surface area (TPSA) is 103 Å². The summed E-state index contributed by atoms with van der Waals surface area (Å²) in [7, 11) is 1.67. The first-order valence-corrected chi connectivity index (χ1v) is 10.3. The molecule has 3 N–H and O–H groups in total. The molecule has 1 amide bonds. The number of benzene rings is 1. The zero-order valence-corrected chi connectivity index (χ0v) is 17.3. The van der Waals surface area contributed by atoms with Gasteiger partial charge in [-0.1, -0.05) is 18.2 Å². The lowest BCUT2D eigenvalue weighted by atomic mass is 10.0. The van der Waals surface area contributed by atoms with Gasteiger partial charge in [-0.3, -0.25) is 24.2 Å². The predicted octanol–water partition coefficient (Wildman–Crippen LogP) is 1.44. The van der Waals surface area contributed by atoms with Crippen LogP contribution in [0.2, 0.25) is 0 Å². The molecule has 0 bridgehead atoms. The van der Waals surface area contributed by atoms with E-state index in [1.54, 1.807) is 14.0 Å². The van der Waals surface area contributed by atoms with Crippen LogP contribution >= 0.6 is 0 Å². The number of carbonyl (C=O) groups is 1. The van der Waals surface area contributed by atoms with Crippen molar-refractivity contribution in [3.63, 3.8) is 0 Å². The molecule has 1 aliphatic heterocycles. The third-order valence-electron chi connectivity index (χ3n) is 6.00. The molecule has 1 fully saturated rings. The predicted molar refractivity (Wildman–Crippen MR) is 117 cm³/mol. The molecule has 0 saturated carbocycles. The molecule has 1 aromatic carbocycles. The van der Waals surface area contributed by atoms with E-state index >= 15 is 0 Å². The summed E-state index contributed by atoms with van der Waals surface area (Å²) >= 11 is 0. The molecule has 1 aliphatic rings. The standard InChI is InChI=1S/C22H27N5O3/c1-14-17(21(29)24-20-19(14)22(30)25-26(20)2)8-9-18(28)23-12-15-10-11-27(13-15)16-6-4-3-5-7-16/h3-7,15H,8-13H2,1-2H3,(H,23,28)(H,24,29)(H,25,30)/t15-/m1/s1. The number of hydrogen-bond acceptors (Lipinski definition) is 4. The molecule has 1 saturated heterocycles. The van der Waals surface area contributed by atoms with Gasteiger partial charge in [-0.15, -0.1) is 0 Å². The van der Waals surface area contributed by atoms with E-state index in [9.17, 15) is 14.4 Å². The third kappa shape index (κ3) is 3.90. The Hall–Kier alpha value is -3.29. The van der Waals surface area contributed by atoms with Gasteiger partial charge in [-0.05, 0) is 43.4 Å². The van der Waals surface area contributed by atoms with Gasteiger partial charge < -0.3 is 15.2 Å². The smallest absolute Gasteiger partial charge is 0.273 e. The van der Waals surface area contributed by atoms with Gasteiger partial charge in [0.05, 0.1) is 5.39 Å². The molecule has 3 aromatic rings. The minimum atomic E-state index is -0.253. The number of nitrogens with zero attached hydrogens (tertiary/aromatic N) is 2. The number of aromatic nitrogens is 3. The van der Waals surface area contributed by atoms with E-state index in [1.165, 1.54) is 10.4 Å². The van der Waals surface area contributed by atoms with Crippen LogP contribution in [-0.2, 0) is 18.3 Å². The van der Waals surface area contributed by atoms with Gasteiger partial charge in [-0.2, -0.15) is 0 Å². The van der Waals surface area contributed by atoms with Crippen molar-refractivity contribution in [2.45, 2.75) is 26.2 Å². The van der Waals surface area contributed by atoms with Gasteiger partial charge >= 0.3 is 0 Å². The number of fused-ring (bicyclic) bond motifs is 1. The number of aryl methyl sites for hydroxylation is 2. The van der Waals surface area contributed by atoms with Gasteiger partial charge in [0.2, 0.25) is 5.91 Å². The molecule has 8 heteroatoms. The maximum atomic E-state index is 12.4. The minimum Gasteiger partial charge on any atom is -0.371 e. The second-order valence-corrected chi connectivity index (χ2v) is 8.02. The Morgan fingerprint density at radius 1 is 1.20 bits per heavy atom. The Morgan fingerprint density at radius 2 is 1.97 bits per heavy atom. The van der Waals surface area contributed by atoms with Crippen LogP contribution in [0.4, 0.5) is 5.69 Å². The second-order valence-electron chi connectivity index (χ2n) is 8.02. The highest BCUT2D eigenvalue weighted by Gasteiger charge is 2.23. The molecule has 8 nitrogen and oxygen atoms in total. The molecular formula is C22H27N5O3. The normalized spacial score (nSPS) is 16.3. The Morgan fingerprint density at radius 3 is 2.73 bits per heavy atom. The monoisotopic (exact) mass is 409 g/mol. The van der Waals surface area contributed by atoms with Crippen LogP contribution < -0.4 is 21.3 Å². The van der Waals surface area contributed by atoms with Crippen LogP contribution in [0.3, 0.4) is 0 Å². The van der Waals surface area contributed by atoms with Gasteiger partial charge in [0.1, 0.15) is 5.65 Å². The van der Waals surface area contributed by atoms with E-state index < -0.39 is 0 Å². The average molecular weight is 409 g/mol. The van der Waals surface area contributed by atoms with Crippen molar-refractivity contribution in [1.29, 1.82) is 0 Å². The van der Waals surface area contributed by atoms with Gasteiger partial charge in [0.15, 0.2) is 0 Å². The van der Waals surface area contributed by atoms with Crippen molar-refractivity contribution in [2.24, 2.45) is 13.0 Å². The van der Waals surface area contributed by atoms with Crippen molar-refractivity contribution < 1.29 is 4.79 Å². The van der Waals surface area contributed by atoms with Crippen LogP contribution in [0.1, 0.15) is 24.0 Å². The summed E-state index contributed by atoms with van der Waals surface area (Å²) in [6.07, 6.45) is 1.56. The maximum Gasteiger partial charge on any atom is 0.273 e. The van der Waals surface area contributed by atoms with Crippen LogP contribution in [0.15, 0.2) is 39.9 Å². The van der Waals surface area contributed by atoms with E-state index in [2.05, 4.69) is 32.4 Å². The fourth-order valence-electron chi connectivity index (χ4n) is 4.30. The molecule has 30 heavy (non-hydrogen) atoms. The van der Waals surface area contributed by atoms with Gasteiger partial charge in [-0.25, -0.2) is 0 Å². The lowest BCUT2D eigenvalue weighted by Gasteiger charge is -2.18. The first-order chi connectivity index (χ1) is 14.4. The van der Waals surface area contributed by atoms with Gasteiger partial charge in [0, 0.05) is 44.4 Å². The van der Waals surface area contributed by atoms with Crippen LogP contribution in [0, 0.1) is 12.8 Å². The highest BCUT2D eigenvalue weighted by atomic mass is 16.2. The lowest BCUT2D eigenvalue weighted by molar-refractivity contribution is -0.121. The molecular weight excluding hydrogens is 382 g/mol. The summed E-state index contributed by atoms with van der Waals surface area (Å²) in [4.78, 5) is 42.0. The van der Waals surface area contributed by atoms with Crippen LogP contribution in [0.25, 0.3) is 11.0 Å². The maximum absolute atomic E-state index is 12.4. The lowest BCUT2D eigenvalue weighted by Crippen LogP contribution is -2.31. The zero-order chi connectivity index (χ0) is 21.3. The summed E-state index contributed by atoms with van der Waals surface area (Å²) < 4.78 is 1.50. The summed E-state index contributed by atoms with van der Waals surface area (Å²) in [6.45, 7) is 4.31. The molecule has 0 radical (unpaired) electrons. The minimum absolute atomic E-state index is 0.0750. The van der Waals surface area contributed by atoms with Crippen molar-refractivity contribution >= 4 is 22.6 Å². The SMILES string of the molecule is Cc1c(CCC(=O)NC[C@H]2CCN(c3ccccc3)C2)c(=O)[nH]c2c1c(=O)[nH]n2C. The quantitative estimate of drug-likeness (QED) is 0.573. The number of pyridine rings is 1. The summed E-state index contributed by atoms with van der Waals surface area (Å²) in [5, 5.41) is 6.13. The van der Waals surface area contributed by atoms with Crippen molar-refractivity contribution in [3.8, 4) is 0 Å². The van der Waals surface area contributed by atoms with Crippen molar-refractivity contribution in [2.75, 3.05) is 24.5 Å².